The molecule has 0 aromatic heterocycles. The largest absolute Gasteiger partial charge is 0.370 e. The summed E-state index contributed by atoms with van der Waals surface area (Å²) >= 11 is 0. The van der Waals surface area contributed by atoms with Gasteiger partial charge in [-0.1, -0.05) is 13.8 Å². The maximum atomic E-state index is 10.1. The summed E-state index contributed by atoms with van der Waals surface area (Å²) in [6.07, 6.45) is 0.449. The molecular weight excluding hydrogens is 130 g/mol. The van der Waals surface area contributed by atoms with Gasteiger partial charge >= 0.3 is 0 Å². The molecule has 0 saturated heterocycles. The lowest BCUT2D eigenvalue weighted by Crippen LogP contribution is -2.11. The molecule has 0 aliphatic carbocycles. The smallest absolute Gasteiger partial charge is 0.217 e. The molecule has 3 nitrogen and oxygen atoms in total. The molecule has 0 aromatic rings. The summed E-state index contributed by atoms with van der Waals surface area (Å²) in [5, 5.41) is 0. The van der Waals surface area contributed by atoms with Crippen molar-refractivity contribution >= 4 is 11.7 Å². The van der Waals surface area contributed by atoms with Gasteiger partial charge in [0, 0.05) is 14.3 Å². The van der Waals surface area contributed by atoms with Gasteiger partial charge in [-0.3, -0.25) is 4.79 Å². The van der Waals surface area contributed by atoms with Gasteiger partial charge in [0.2, 0.25) is 5.91 Å². The highest BCUT2D eigenvalue weighted by Gasteiger charge is 1.95. The van der Waals surface area contributed by atoms with Gasteiger partial charge in [0.05, 0.1) is 0 Å². The number of carbonyl (C=O) groups is 2. The summed E-state index contributed by atoms with van der Waals surface area (Å²) in [5.74, 6) is -0.413. The fourth-order valence-electron chi connectivity index (χ4n) is 0.299. The Hall–Kier alpha value is -0.860. The zero-order valence-corrected chi connectivity index (χ0v) is 6.81. The molecule has 0 aromatic carbocycles. The fourth-order valence-corrected chi connectivity index (χ4v) is 0.299. The molecule has 0 atom stereocenters. The van der Waals surface area contributed by atoms with Gasteiger partial charge in [0.1, 0.15) is 5.78 Å². The van der Waals surface area contributed by atoms with Crippen LogP contribution < -0.4 is 5.73 Å². The van der Waals surface area contributed by atoms with Crippen LogP contribution in [0.4, 0.5) is 0 Å². The normalized spacial score (nSPS) is 7.50. The number of carbonyl (C=O) groups excluding carboxylic acids is 2. The first-order valence-corrected chi connectivity index (χ1v) is 3.40. The second kappa shape index (κ2) is 8.14. The summed E-state index contributed by atoms with van der Waals surface area (Å²) in [6, 6.07) is 0. The van der Waals surface area contributed by atoms with Gasteiger partial charge in [0.25, 0.3) is 0 Å². The van der Waals surface area contributed by atoms with E-state index in [-0.39, 0.29) is 20.1 Å². The molecule has 0 unspecified atom stereocenters. The van der Waals surface area contributed by atoms with Crippen LogP contribution in [0.2, 0.25) is 0 Å². The predicted molar refractivity (Wildman–Crippen MR) is 42.6 cm³/mol. The van der Waals surface area contributed by atoms with E-state index in [9.17, 15) is 9.59 Å². The van der Waals surface area contributed by atoms with Crippen LogP contribution in [-0.2, 0) is 9.59 Å². The molecule has 2 N–H and O–H groups in total. The third kappa shape index (κ3) is 15.7. The summed E-state index contributed by atoms with van der Waals surface area (Å²) < 4.78 is 0. The SMILES string of the molecule is CC.CC(=O)CCC(N)=O.[HH]. The molecule has 3 heteroatoms. The molecule has 0 heterocycles. The van der Waals surface area contributed by atoms with E-state index in [0.29, 0.717) is 0 Å². The van der Waals surface area contributed by atoms with E-state index < -0.39 is 5.91 Å². The quantitative estimate of drug-likeness (QED) is 0.650. The van der Waals surface area contributed by atoms with Crippen LogP contribution in [0.1, 0.15) is 35.0 Å². The first-order chi connectivity index (χ1) is 4.63. The van der Waals surface area contributed by atoms with Crippen molar-refractivity contribution in [3.8, 4) is 0 Å². The molecule has 0 saturated carbocycles. The zero-order valence-electron chi connectivity index (χ0n) is 6.81. The Balaban J connectivity index is -0.000000196. The van der Waals surface area contributed by atoms with E-state index >= 15 is 0 Å². The minimum Gasteiger partial charge on any atom is -0.370 e. The fraction of sp³-hybridized carbons (Fsp3) is 0.714. The van der Waals surface area contributed by atoms with E-state index in [2.05, 4.69) is 0 Å². The van der Waals surface area contributed by atoms with Crippen molar-refractivity contribution in [2.45, 2.75) is 33.6 Å². The van der Waals surface area contributed by atoms with Crippen molar-refractivity contribution in [2.75, 3.05) is 0 Å². The van der Waals surface area contributed by atoms with Crippen LogP contribution in [0.25, 0.3) is 0 Å². The van der Waals surface area contributed by atoms with Crippen molar-refractivity contribution in [3.63, 3.8) is 0 Å². The van der Waals surface area contributed by atoms with E-state index in [4.69, 9.17) is 5.73 Å². The molecule has 0 spiro atoms. The molecule has 10 heavy (non-hydrogen) atoms. The highest BCUT2D eigenvalue weighted by molar-refractivity contribution is 5.82. The Kier molecular flexibility index (Phi) is 9.67. The third-order valence-corrected chi connectivity index (χ3v) is 0.723. The zero-order chi connectivity index (χ0) is 8.57. The van der Waals surface area contributed by atoms with Crippen LogP contribution in [0, 0.1) is 0 Å². The van der Waals surface area contributed by atoms with Crippen molar-refractivity contribution in [1.29, 1.82) is 0 Å². The van der Waals surface area contributed by atoms with E-state index in [1.807, 2.05) is 13.8 Å². The molecule has 1 amide bonds. The molecule has 0 rings (SSSR count). The average molecular weight is 147 g/mol. The van der Waals surface area contributed by atoms with Gasteiger partial charge in [-0.15, -0.1) is 0 Å². The van der Waals surface area contributed by atoms with E-state index in [1.54, 1.807) is 0 Å². The maximum Gasteiger partial charge on any atom is 0.217 e. The number of primary amides is 1. The van der Waals surface area contributed by atoms with Crippen molar-refractivity contribution in [3.05, 3.63) is 0 Å². The number of amides is 1. The van der Waals surface area contributed by atoms with Crippen LogP contribution >= 0.6 is 0 Å². The van der Waals surface area contributed by atoms with Crippen LogP contribution in [0.3, 0.4) is 0 Å². The lowest BCUT2D eigenvalue weighted by atomic mass is 10.2. The van der Waals surface area contributed by atoms with Gasteiger partial charge in [-0.05, 0) is 6.92 Å². The number of rotatable bonds is 3. The first kappa shape index (κ1) is 11.9. The van der Waals surface area contributed by atoms with Crippen molar-refractivity contribution in [2.24, 2.45) is 5.73 Å². The number of nitrogens with two attached hydrogens (primary N) is 1. The Labute approximate surface area is 63.1 Å². The summed E-state index contributed by atoms with van der Waals surface area (Å²) in [4.78, 5) is 20.1. The number of hydrogen-bond donors (Lipinski definition) is 1. The number of ketones is 1. The Morgan fingerprint density at radius 3 is 1.80 bits per heavy atom. The Bertz CT molecular complexity index is 101. The highest BCUT2D eigenvalue weighted by Crippen LogP contribution is 1.86. The lowest BCUT2D eigenvalue weighted by Gasteiger charge is -1.87. The Morgan fingerprint density at radius 2 is 1.70 bits per heavy atom. The van der Waals surface area contributed by atoms with Crippen LogP contribution in [0.15, 0.2) is 0 Å². The predicted octanol–water partition coefficient (Wildman–Crippen LogP) is 1.11. The van der Waals surface area contributed by atoms with Gasteiger partial charge in [-0.25, -0.2) is 0 Å². The monoisotopic (exact) mass is 147 g/mol. The van der Waals surface area contributed by atoms with E-state index in [1.165, 1.54) is 6.92 Å². The minimum absolute atomic E-state index is 0. The maximum absolute atomic E-state index is 10.1. The second-order valence-electron chi connectivity index (χ2n) is 1.67. The molecule has 0 bridgehead atoms. The molecule has 0 fully saturated rings. The summed E-state index contributed by atoms with van der Waals surface area (Å²) in [6.45, 7) is 5.43. The standard InChI is InChI=1S/C5H9NO2.C2H6.H2/c1-4(7)2-3-5(6)8;1-2;/h2-3H2,1H3,(H2,6,8);1-2H3;1H. The van der Waals surface area contributed by atoms with Gasteiger partial charge in [-0.2, -0.15) is 0 Å². The first-order valence-electron chi connectivity index (χ1n) is 3.40. The van der Waals surface area contributed by atoms with Crippen LogP contribution in [0.5, 0.6) is 0 Å². The number of Topliss-reactive ketones (excluding diaryl/α,β-unsaturated/α-hetero) is 1. The molecule has 0 aliphatic heterocycles. The third-order valence-electron chi connectivity index (χ3n) is 0.723. The minimum atomic E-state index is -0.416. The topological polar surface area (TPSA) is 60.2 Å². The second-order valence-corrected chi connectivity index (χ2v) is 1.67. The summed E-state index contributed by atoms with van der Waals surface area (Å²) in [7, 11) is 0. The average Bonchev–Trinajstić information content (AvgIpc) is 1.89. The molecule has 0 radical (unpaired) electrons. The Morgan fingerprint density at radius 1 is 1.30 bits per heavy atom. The molecular formula is C7H17NO2. The highest BCUT2D eigenvalue weighted by atomic mass is 16.1. The lowest BCUT2D eigenvalue weighted by molar-refractivity contribution is -0.122. The van der Waals surface area contributed by atoms with Crippen molar-refractivity contribution in [1.82, 2.24) is 0 Å². The van der Waals surface area contributed by atoms with Gasteiger partial charge < -0.3 is 10.5 Å². The van der Waals surface area contributed by atoms with Gasteiger partial charge in [0.15, 0.2) is 0 Å². The molecule has 62 valence electrons. The van der Waals surface area contributed by atoms with E-state index in [0.717, 1.165) is 0 Å². The van der Waals surface area contributed by atoms with Crippen LogP contribution in [-0.4, -0.2) is 11.7 Å². The molecule has 0 aliphatic rings. The van der Waals surface area contributed by atoms with Crippen molar-refractivity contribution < 1.29 is 11.0 Å². The number of hydrogen-bond acceptors (Lipinski definition) is 2. The summed E-state index contributed by atoms with van der Waals surface area (Å²) in [5.41, 5.74) is 4.75.